The first-order valence-corrected chi connectivity index (χ1v) is 10.0. The third kappa shape index (κ3) is 4.51. The van der Waals surface area contributed by atoms with Crippen molar-refractivity contribution in [3.63, 3.8) is 0 Å². The third-order valence-electron chi connectivity index (χ3n) is 5.49. The zero-order valence-electron chi connectivity index (χ0n) is 16.5. The number of rotatable bonds is 9. The van der Waals surface area contributed by atoms with E-state index in [0.717, 1.165) is 12.8 Å². The van der Waals surface area contributed by atoms with E-state index in [1.165, 1.54) is 0 Å². The Hall–Kier alpha value is -1.89. The van der Waals surface area contributed by atoms with Gasteiger partial charge in [-0.2, -0.15) is 0 Å². The van der Waals surface area contributed by atoms with Gasteiger partial charge in [-0.25, -0.2) is 0 Å². The van der Waals surface area contributed by atoms with Gasteiger partial charge in [-0.05, 0) is 25.7 Å². The number of likely N-dealkylation sites (tertiary alicyclic amines) is 1. The summed E-state index contributed by atoms with van der Waals surface area (Å²) in [5, 5.41) is 12.1. The molecule has 0 aromatic carbocycles. The van der Waals surface area contributed by atoms with E-state index in [9.17, 15) is 19.5 Å². The second-order valence-corrected chi connectivity index (χ2v) is 7.32. The highest BCUT2D eigenvalue weighted by atomic mass is 16.5. The molecule has 0 bridgehead atoms. The second-order valence-electron chi connectivity index (χ2n) is 7.32. The zero-order valence-corrected chi connectivity index (χ0v) is 16.5. The molecule has 1 aliphatic heterocycles. The normalized spacial score (nSPS) is 29.6. The number of aliphatic hydroxyl groups is 1. The molecule has 0 radical (unpaired) electrons. The molecule has 1 fully saturated rings. The lowest BCUT2D eigenvalue weighted by Gasteiger charge is -2.32. The van der Waals surface area contributed by atoms with E-state index < -0.39 is 17.9 Å². The van der Waals surface area contributed by atoms with Crippen LogP contribution >= 0.6 is 0 Å². The average molecular weight is 380 g/mol. The number of carbonyl (C=O) groups is 3. The van der Waals surface area contributed by atoms with E-state index in [-0.39, 0.29) is 42.8 Å². The Labute approximate surface area is 161 Å². The molecule has 0 aromatic rings. The van der Waals surface area contributed by atoms with Gasteiger partial charge in [0.1, 0.15) is 6.04 Å². The van der Waals surface area contributed by atoms with E-state index >= 15 is 0 Å². The van der Waals surface area contributed by atoms with Crippen LogP contribution in [0.1, 0.15) is 40.0 Å². The van der Waals surface area contributed by atoms with Gasteiger partial charge >= 0.3 is 5.97 Å². The van der Waals surface area contributed by atoms with E-state index in [0.29, 0.717) is 19.5 Å². The van der Waals surface area contributed by atoms with Gasteiger partial charge in [-0.3, -0.25) is 14.4 Å². The van der Waals surface area contributed by atoms with Crippen LogP contribution in [-0.4, -0.2) is 60.1 Å². The van der Waals surface area contributed by atoms with Crippen LogP contribution in [0.4, 0.5) is 0 Å². The summed E-state index contributed by atoms with van der Waals surface area (Å²) >= 11 is 0. The van der Waals surface area contributed by atoms with Crippen molar-refractivity contribution in [3.05, 3.63) is 12.2 Å². The number of ether oxygens (including phenoxy) is 1. The number of nitrogens with one attached hydrogen (secondary N) is 1. The number of carbonyl (C=O) groups excluding carboxylic acids is 3. The number of hydrogen-bond donors (Lipinski definition) is 2. The molecule has 7 nitrogen and oxygen atoms in total. The third-order valence-corrected chi connectivity index (χ3v) is 5.49. The summed E-state index contributed by atoms with van der Waals surface area (Å²) in [6.07, 6.45) is 6.05. The van der Waals surface area contributed by atoms with Crippen LogP contribution in [0.25, 0.3) is 0 Å². The van der Waals surface area contributed by atoms with Gasteiger partial charge in [0.2, 0.25) is 11.8 Å². The molecule has 2 amide bonds. The lowest BCUT2D eigenvalue weighted by atomic mass is 9.70. The monoisotopic (exact) mass is 380 g/mol. The van der Waals surface area contributed by atoms with Crippen molar-refractivity contribution in [1.29, 1.82) is 0 Å². The molecule has 1 heterocycles. The van der Waals surface area contributed by atoms with Crippen LogP contribution in [0.2, 0.25) is 0 Å². The molecular weight excluding hydrogens is 348 g/mol. The number of allylic oxidation sites excluding steroid dienone is 1. The molecule has 0 spiro atoms. The van der Waals surface area contributed by atoms with Crippen LogP contribution in [0.3, 0.4) is 0 Å². The van der Waals surface area contributed by atoms with Gasteiger partial charge in [0.15, 0.2) is 0 Å². The predicted octanol–water partition coefficient (Wildman–Crippen LogP) is 1.11. The average Bonchev–Trinajstić information content (AvgIpc) is 2.92. The van der Waals surface area contributed by atoms with Gasteiger partial charge in [-0.15, -0.1) is 0 Å². The Kier molecular flexibility index (Phi) is 7.83. The molecule has 0 unspecified atom stereocenters. The fraction of sp³-hybridized carbons (Fsp3) is 0.750. The Morgan fingerprint density at radius 2 is 2.00 bits per heavy atom. The number of unbranched alkanes of at least 4 members (excludes halogenated alkanes) is 1. The maximum absolute atomic E-state index is 13.2. The fourth-order valence-electron chi connectivity index (χ4n) is 4.16. The maximum Gasteiger partial charge on any atom is 0.310 e. The molecule has 1 saturated heterocycles. The van der Waals surface area contributed by atoms with E-state index in [1.807, 2.05) is 26.0 Å². The van der Waals surface area contributed by atoms with Crippen molar-refractivity contribution < 1.29 is 24.2 Å². The topological polar surface area (TPSA) is 95.9 Å². The number of amides is 2. The first-order chi connectivity index (χ1) is 13.0. The minimum absolute atomic E-state index is 0.0587. The Balaban J connectivity index is 2.31. The first kappa shape index (κ1) is 21.4. The summed E-state index contributed by atoms with van der Waals surface area (Å²) in [5.41, 5.74) is 0. The van der Waals surface area contributed by atoms with Crippen LogP contribution in [0.5, 0.6) is 0 Å². The largest absolute Gasteiger partial charge is 0.466 e. The van der Waals surface area contributed by atoms with Crippen LogP contribution in [-0.2, 0) is 19.1 Å². The van der Waals surface area contributed by atoms with Gasteiger partial charge in [0, 0.05) is 25.6 Å². The Morgan fingerprint density at radius 3 is 2.63 bits per heavy atom. The van der Waals surface area contributed by atoms with E-state index in [2.05, 4.69) is 5.32 Å². The fourth-order valence-corrected chi connectivity index (χ4v) is 4.16. The molecule has 7 heteroatoms. The summed E-state index contributed by atoms with van der Waals surface area (Å²) in [5.74, 6) is -2.43. The SMILES string of the molecule is CCCCNC(=O)[C@@H]1[C@H]2C=C[C@@H](C)[C@@H](C(=O)OCC)[C@@H]2C(=O)N1CCCO. The van der Waals surface area contributed by atoms with Crippen LogP contribution in [0, 0.1) is 23.7 Å². The Bertz CT molecular complexity index is 577. The molecular formula is C20H32N2O5. The summed E-state index contributed by atoms with van der Waals surface area (Å²) in [6, 6.07) is -0.647. The minimum Gasteiger partial charge on any atom is -0.466 e. The Morgan fingerprint density at radius 1 is 1.26 bits per heavy atom. The summed E-state index contributed by atoms with van der Waals surface area (Å²) < 4.78 is 5.22. The molecule has 0 saturated carbocycles. The first-order valence-electron chi connectivity index (χ1n) is 10.0. The summed E-state index contributed by atoms with van der Waals surface area (Å²) in [6.45, 7) is 6.74. The highest BCUT2D eigenvalue weighted by molar-refractivity contribution is 5.96. The molecule has 2 aliphatic rings. The standard InChI is InChI=1S/C20H32N2O5/c1-4-6-10-21-18(24)17-14-9-8-13(3)15(20(26)27-5-2)16(14)19(25)22(17)11-7-12-23/h8-9,13-17,23H,4-7,10-12H2,1-3H3,(H,21,24)/t13-,14+,15-,16-,17+/m1/s1. The van der Waals surface area contributed by atoms with Crippen molar-refractivity contribution in [2.45, 2.75) is 46.1 Å². The maximum atomic E-state index is 13.2. The smallest absolute Gasteiger partial charge is 0.310 e. The number of hydrogen-bond acceptors (Lipinski definition) is 5. The van der Waals surface area contributed by atoms with Crippen molar-refractivity contribution in [2.75, 3.05) is 26.3 Å². The van der Waals surface area contributed by atoms with Crippen molar-refractivity contribution >= 4 is 17.8 Å². The summed E-state index contributed by atoms with van der Waals surface area (Å²) in [4.78, 5) is 40.1. The van der Waals surface area contributed by atoms with Crippen molar-refractivity contribution in [3.8, 4) is 0 Å². The van der Waals surface area contributed by atoms with Crippen molar-refractivity contribution in [2.24, 2.45) is 23.7 Å². The number of esters is 1. The molecule has 152 valence electrons. The van der Waals surface area contributed by atoms with Gasteiger partial charge in [0.25, 0.3) is 0 Å². The summed E-state index contributed by atoms with van der Waals surface area (Å²) in [7, 11) is 0. The van der Waals surface area contributed by atoms with E-state index in [1.54, 1.807) is 11.8 Å². The zero-order chi connectivity index (χ0) is 20.0. The molecule has 2 N–H and O–H groups in total. The quantitative estimate of drug-likeness (QED) is 0.355. The molecule has 0 aromatic heterocycles. The van der Waals surface area contributed by atoms with Crippen molar-refractivity contribution in [1.82, 2.24) is 10.2 Å². The molecule has 5 atom stereocenters. The molecule has 1 aliphatic carbocycles. The molecule has 27 heavy (non-hydrogen) atoms. The lowest BCUT2D eigenvalue weighted by Crippen LogP contribution is -2.47. The number of nitrogens with zero attached hydrogens (tertiary/aromatic N) is 1. The number of fused-ring (bicyclic) bond motifs is 1. The second kappa shape index (κ2) is 9.88. The van der Waals surface area contributed by atoms with E-state index in [4.69, 9.17) is 4.74 Å². The minimum atomic E-state index is -0.647. The lowest BCUT2D eigenvalue weighted by molar-refractivity contribution is -0.155. The van der Waals surface area contributed by atoms with Crippen LogP contribution < -0.4 is 5.32 Å². The van der Waals surface area contributed by atoms with Gasteiger partial charge in [0.05, 0.1) is 18.4 Å². The molecule has 2 rings (SSSR count). The number of aliphatic hydroxyl groups excluding tert-OH is 1. The van der Waals surface area contributed by atoms with Crippen LogP contribution in [0.15, 0.2) is 12.2 Å². The van der Waals surface area contributed by atoms with Gasteiger partial charge in [-0.1, -0.05) is 32.4 Å². The predicted molar refractivity (Wildman–Crippen MR) is 101 cm³/mol. The highest BCUT2D eigenvalue weighted by Crippen LogP contribution is 2.44. The van der Waals surface area contributed by atoms with Gasteiger partial charge < -0.3 is 20.1 Å². The highest BCUT2D eigenvalue weighted by Gasteiger charge is 2.56.